The molecule has 0 aliphatic carbocycles. The topological polar surface area (TPSA) is 106 Å². The first-order chi connectivity index (χ1) is 15.8. The zero-order valence-corrected chi connectivity index (χ0v) is 19.0. The lowest BCUT2D eigenvalue weighted by Crippen LogP contribution is -2.16. The second kappa shape index (κ2) is 9.25. The van der Waals surface area contributed by atoms with Gasteiger partial charge in [0.1, 0.15) is 12.7 Å². The van der Waals surface area contributed by atoms with E-state index in [1.807, 2.05) is 25.1 Å². The SMILES string of the molecule is Cc1cccc(NS(=O)(=O)c2cc(NC(=O)c3ccc(Cn4cncn4)cc3)ccc2C)c1. The fraction of sp³-hybridized carbons (Fsp3) is 0.125. The van der Waals surface area contributed by atoms with Gasteiger partial charge in [-0.25, -0.2) is 18.1 Å². The molecule has 3 aromatic carbocycles. The fourth-order valence-electron chi connectivity index (χ4n) is 3.35. The summed E-state index contributed by atoms with van der Waals surface area (Å²) in [7, 11) is -3.83. The van der Waals surface area contributed by atoms with Crippen LogP contribution in [0.25, 0.3) is 0 Å². The van der Waals surface area contributed by atoms with Crippen molar-refractivity contribution in [1.29, 1.82) is 0 Å². The first kappa shape index (κ1) is 22.2. The second-order valence-electron chi connectivity index (χ2n) is 7.70. The van der Waals surface area contributed by atoms with Gasteiger partial charge >= 0.3 is 0 Å². The van der Waals surface area contributed by atoms with Crippen molar-refractivity contribution in [3.05, 3.63) is 102 Å². The number of benzene rings is 3. The summed E-state index contributed by atoms with van der Waals surface area (Å²) in [4.78, 5) is 16.7. The van der Waals surface area contributed by atoms with E-state index in [0.717, 1.165) is 11.1 Å². The highest BCUT2D eigenvalue weighted by molar-refractivity contribution is 7.92. The van der Waals surface area contributed by atoms with Gasteiger partial charge in [0.2, 0.25) is 0 Å². The molecule has 0 aliphatic rings. The third kappa shape index (κ3) is 5.45. The Kier molecular flexibility index (Phi) is 6.23. The van der Waals surface area contributed by atoms with Crippen LogP contribution >= 0.6 is 0 Å². The highest BCUT2D eigenvalue weighted by atomic mass is 32.2. The van der Waals surface area contributed by atoms with Gasteiger partial charge in [-0.15, -0.1) is 0 Å². The Balaban J connectivity index is 1.49. The molecule has 0 atom stereocenters. The monoisotopic (exact) mass is 461 g/mol. The molecule has 4 aromatic rings. The molecule has 4 rings (SSSR count). The number of hydrogen-bond acceptors (Lipinski definition) is 5. The molecule has 0 bridgehead atoms. The first-order valence-electron chi connectivity index (χ1n) is 10.2. The summed E-state index contributed by atoms with van der Waals surface area (Å²) in [5, 5.41) is 6.84. The van der Waals surface area contributed by atoms with Gasteiger partial charge in [0.05, 0.1) is 11.4 Å². The lowest BCUT2D eigenvalue weighted by molar-refractivity contribution is 0.102. The Hall–Kier alpha value is -3.98. The number of anilines is 2. The van der Waals surface area contributed by atoms with Crippen LogP contribution in [-0.2, 0) is 16.6 Å². The van der Waals surface area contributed by atoms with Crippen LogP contribution in [0.4, 0.5) is 11.4 Å². The minimum absolute atomic E-state index is 0.102. The summed E-state index contributed by atoms with van der Waals surface area (Å²) in [6.07, 6.45) is 3.09. The molecule has 2 N–H and O–H groups in total. The van der Waals surface area contributed by atoms with Crippen molar-refractivity contribution in [3.63, 3.8) is 0 Å². The van der Waals surface area contributed by atoms with Crippen LogP contribution in [0.15, 0.2) is 84.3 Å². The van der Waals surface area contributed by atoms with E-state index in [0.29, 0.717) is 29.0 Å². The van der Waals surface area contributed by atoms with Gasteiger partial charge in [-0.05, 0) is 66.9 Å². The van der Waals surface area contributed by atoms with Crippen molar-refractivity contribution in [3.8, 4) is 0 Å². The second-order valence-corrected chi connectivity index (χ2v) is 9.35. The molecule has 33 heavy (non-hydrogen) atoms. The largest absolute Gasteiger partial charge is 0.322 e. The average Bonchev–Trinajstić information content (AvgIpc) is 3.28. The van der Waals surface area contributed by atoms with Crippen molar-refractivity contribution in [1.82, 2.24) is 14.8 Å². The summed E-state index contributed by atoms with van der Waals surface area (Å²) in [5.74, 6) is -0.332. The van der Waals surface area contributed by atoms with Crippen molar-refractivity contribution >= 4 is 27.3 Å². The minimum atomic E-state index is -3.83. The number of carbonyl (C=O) groups excluding carboxylic acids is 1. The van der Waals surface area contributed by atoms with Gasteiger partial charge in [-0.2, -0.15) is 5.10 Å². The van der Waals surface area contributed by atoms with Crippen molar-refractivity contribution in [2.24, 2.45) is 0 Å². The van der Waals surface area contributed by atoms with Crippen LogP contribution in [0.3, 0.4) is 0 Å². The summed E-state index contributed by atoms with van der Waals surface area (Å²) in [5.41, 5.74) is 3.82. The summed E-state index contributed by atoms with van der Waals surface area (Å²) >= 11 is 0. The molecule has 9 heteroatoms. The normalized spacial score (nSPS) is 11.2. The number of aryl methyl sites for hydroxylation is 2. The van der Waals surface area contributed by atoms with E-state index >= 15 is 0 Å². The fourth-order valence-corrected chi connectivity index (χ4v) is 4.67. The van der Waals surface area contributed by atoms with Crippen LogP contribution in [0.5, 0.6) is 0 Å². The molecule has 1 aromatic heterocycles. The van der Waals surface area contributed by atoms with E-state index < -0.39 is 10.0 Å². The maximum atomic E-state index is 13.0. The summed E-state index contributed by atoms with van der Waals surface area (Å²) < 4.78 is 30.2. The lowest BCUT2D eigenvalue weighted by atomic mass is 10.1. The molecule has 0 saturated carbocycles. The van der Waals surface area contributed by atoms with Crippen LogP contribution in [0, 0.1) is 13.8 Å². The molecule has 0 spiro atoms. The molecule has 8 nitrogen and oxygen atoms in total. The third-order valence-electron chi connectivity index (χ3n) is 5.03. The van der Waals surface area contributed by atoms with Crippen LogP contribution in [0.2, 0.25) is 0 Å². The van der Waals surface area contributed by atoms with Gasteiger partial charge in [0.15, 0.2) is 0 Å². The molecule has 0 saturated heterocycles. The Morgan fingerprint density at radius 3 is 2.45 bits per heavy atom. The van der Waals surface area contributed by atoms with Crippen LogP contribution < -0.4 is 10.0 Å². The average molecular weight is 462 g/mol. The molecule has 0 radical (unpaired) electrons. The van der Waals surface area contributed by atoms with Gasteiger partial charge in [0.25, 0.3) is 15.9 Å². The minimum Gasteiger partial charge on any atom is -0.322 e. The van der Waals surface area contributed by atoms with Crippen LogP contribution in [-0.4, -0.2) is 29.1 Å². The molecule has 0 unspecified atom stereocenters. The van der Waals surface area contributed by atoms with Crippen molar-refractivity contribution in [2.45, 2.75) is 25.3 Å². The highest BCUT2D eigenvalue weighted by Crippen LogP contribution is 2.24. The Morgan fingerprint density at radius 1 is 0.970 bits per heavy atom. The summed E-state index contributed by atoms with van der Waals surface area (Å²) in [6, 6.07) is 19.0. The van der Waals surface area contributed by atoms with Gasteiger partial charge < -0.3 is 5.32 Å². The van der Waals surface area contributed by atoms with E-state index in [1.165, 1.54) is 12.4 Å². The van der Waals surface area contributed by atoms with Gasteiger partial charge in [0, 0.05) is 16.9 Å². The number of nitrogens with one attached hydrogen (secondary N) is 2. The van der Waals surface area contributed by atoms with E-state index in [4.69, 9.17) is 0 Å². The number of amides is 1. The van der Waals surface area contributed by atoms with Gasteiger partial charge in [-0.3, -0.25) is 9.52 Å². The Morgan fingerprint density at radius 2 is 1.76 bits per heavy atom. The van der Waals surface area contributed by atoms with Gasteiger partial charge in [-0.1, -0.05) is 30.3 Å². The number of nitrogens with zero attached hydrogens (tertiary/aromatic N) is 3. The maximum Gasteiger partial charge on any atom is 0.262 e. The molecular weight excluding hydrogens is 438 g/mol. The smallest absolute Gasteiger partial charge is 0.262 e. The first-order valence-corrected chi connectivity index (χ1v) is 11.7. The molecule has 0 fully saturated rings. The Labute approximate surface area is 192 Å². The van der Waals surface area contributed by atoms with Crippen molar-refractivity contribution in [2.75, 3.05) is 10.0 Å². The van der Waals surface area contributed by atoms with Crippen LogP contribution in [0.1, 0.15) is 27.0 Å². The predicted octanol–water partition coefficient (Wildman–Crippen LogP) is 4.00. The maximum absolute atomic E-state index is 13.0. The van der Waals surface area contributed by atoms with Crippen molar-refractivity contribution < 1.29 is 13.2 Å². The highest BCUT2D eigenvalue weighted by Gasteiger charge is 2.18. The van der Waals surface area contributed by atoms with E-state index in [1.54, 1.807) is 60.4 Å². The summed E-state index contributed by atoms with van der Waals surface area (Å²) in [6.45, 7) is 4.15. The van der Waals surface area contributed by atoms with E-state index in [9.17, 15) is 13.2 Å². The molecule has 1 heterocycles. The zero-order chi connectivity index (χ0) is 23.4. The number of hydrogen-bond donors (Lipinski definition) is 2. The number of carbonyl (C=O) groups is 1. The van der Waals surface area contributed by atoms with E-state index in [-0.39, 0.29) is 10.8 Å². The molecule has 168 valence electrons. The van der Waals surface area contributed by atoms with E-state index in [2.05, 4.69) is 20.1 Å². The number of sulfonamides is 1. The zero-order valence-electron chi connectivity index (χ0n) is 18.2. The predicted molar refractivity (Wildman–Crippen MR) is 127 cm³/mol. The quantitative estimate of drug-likeness (QED) is 0.433. The number of aromatic nitrogens is 3. The third-order valence-corrected chi connectivity index (χ3v) is 6.56. The molecule has 1 amide bonds. The molecule has 0 aliphatic heterocycles. The number of rotatable bonds is 7. The molecular formula is C24H23N5O3S. The Bertz CT molecular complexity index is 1380. The lowest BCUT2D eigenvalue weighted by Gasteiger charge is -2.13. The standard InChI is InChI=1S/C24H23N5O3S/c1-17-4-3-5-22(12-17)28-33(31,32)23-13-21(11-6-18(23)2)27-24(30)20-9-7-19(8-10-20)14-29-16-25-15-26-29/h3-13,15-16,28H,14H2,1-2H3,(H,27,30).